The molecule has 0 aromatic heterocycles. The van der Waals surface area contributed by atoms with Crippen molar-refractivity contribution >= 4 is 17.7 Å². The van der Waals surface area contributed by atoms with Gasteiger partial charge in [-0.3, -0.25) is 4.79 Å². The average Bonchev–Trinajstić information content (AvgIpc) is 2.22. The van der Waals surface area contributed by atoms with E-state index in [-0.39, 0.29) is 5.91 Å². The Labute approximate surface area is 102 Å². The third-order valence-corrected chi connectivity index (χ3v) is 3.67. The van der Waals surface area contributed by atoms with Gasteiger partial charge in [-0.2, -0.15) is 5.26 Å². The number of carbonyl (C=O) groups is 1. The van der Waals surface area contributed by atoms with Crippen molar-refractivity contribution in [1.82, 2.24) is 5.32 Å². The maximum Gasteiger partial charge on any atom is 0.230 e. The highest BCUT2D eigenvalue weighted by molar-refractivity contribution is 8.00. The lowest BCUT2D eigenvalue weighted by atomic mass is 9.97. The van der Waals surface area contributed by atoms with Gasteiger partial charge in [0.25, 0.3) is 0 Å². The molecule has 0 bridgehead atoms. The maximum atomic E-state index is 11.5. The van der Waals surface area contributed by atoms with Crippen LogP contribution in [0, 0.1) is 11.3 Å². The van der Waals surface area contributed by atoms with Crippen molar-refractivity contribution in [2.45, 2.75) is 51.0 Å². The van der Waals surface area contributed by atoms with Gasteiger partial charge in [0.1, 0.15) is 0 Å². The molecule has 1 amide bonds. The fourth-order valence-corrected chi connectivity index (χ4v) is 2.52. The Kier molecular flexibility index (Phi) is 7.07. The zero-order valence-corrected chi connectivity index (χ0v) is 10.5. The second-order valence-electron chi connectivity index (χ2n) is 4.26. The number of carbonyl (C=O) groups excluding carboxylic acids is 1. The van der Waals surface area contributed by atoms with Gasteiger partial charge in [0.05, 0.1) is 17.6 Å². The summed E-state index contributed by atoms with van der Waals surface area (Å²) < 4.78 is 0. The molecule has 1 saturated carbocycles. The van der Waals surface area contributed by atoms with Gasteiger partial charge in [0.15, 0.2) is 0 Å². The molecule has 1 aliphatic rings. The minimum Gasteiger partial charge on any atom is -0.353 e. The molecule has 0 saturated heterocycles. The number of hydrogen-bond donors (Lipinski definition) is 1. The van der Waals surface area contributed by atoms with Crippen LogP contribution in [0.4, 0.5) is 0 Å². The van der Waals surface area contributed by atoms with Crippen LogP contribution >= 0.6 is 11.8 Å². The number of amides is 1. The van der Waals surface area contributed by atoms with Gasteiger partial charge >= 0.3 is 0 Å². The molecule has 0 aliphatic heterocycles. The Morgan fingerprint density at radius 2 is 1.88 bits per heavy atom. The molecule has 0 unspecified atom stereocenters. The van der Waals surface area contributed by atoms with Gasteiger partial charge in [-0.25, -0.2) is 0 Å². The number of hydrogen-bond acceptors (Lipinski definition) is 3. The molecule has 16 heavy (non-hydrogen) atoms. The van der Waals surface area contributed by atoms with Gasteiger partial charge in [0, 0.05) is 6.04 Å². The molecule has 0 aromatic rings. The van der Waals surface area contributed by atoms with Crippen LogP contribution in [0.15, 0.2) is 0 Å². The van der Waals surface area contributed by atoms with Crippen LogP contribution in [0.3, 0.4) is 0 Å². The molecular formula is C12H20N2OS. The van der Waals surface area contributed by atoms with E-state index in [9.17, 15) is 4.79 Å². The van der Waals surface area contributed by atoms with Crippen LogP contribution in [0.1, 0.15) is 44.9 Å². The number of nitrogens with one attached hydrogen (secondary N) is 1. The van der Waals surface area contributed by atoms with Crippen LogP contribution in [0.25, 0.3) is 0 Å². The summed E-state index contributed by atoms with van der Waals surface area (Å²) in [5.74, 6) is 0.910. The molecule has 0 aromatic carbocycles. The summed E-state index contributed by atoms with van der Waals surface area (Å²) in [5.41, 5.74) is 0. The Balaban J connectivity index is 2.17. The number of rotatable bonds is 4. The third-order valence-electron chi connectivity index (χ3n) is 2.87. The second kappa shape index (κ2) is 8.46. The zero-order valence-electron chi connectivity index (χ0n) is 9.71. The first-order valence-corrected chi connectivity index (χ1v) is 7.22. The van der Waals surface area contributed by atoms with E-state index in [4.69, 9.17) is 5.26 Å². The SMILES string of the molecule is N#CCSCC(=O)NC1CCCCCCC1. The minimum absolute atomic E-state index is 0.0887. The first kappa shape index (κ1) is 13.4. The molecule has 1 N–H and O–H groups in total. The monoisotopic (exact) mass is 240 g/mol. The van der Waals surface area contributed by atoms with E-state index in [0.717, 1.165) is 12.8 Å². The minimum atomic E-state index is 0.0887. The first-order chi connectivity index (χ1) is 7.83. The highest BCUT2D eigenvalue weighted by Crippen LogP contribution is 2.17. The molecule has 0 spiro atoms. The number of nitriles is 1. The van der Waals surface area contributed by atoms with Crippen LogP contribution in [-0.2, 0) is 4.79 Å². The second-order valence-corrected chi connectivity index (χ2v) is 5.25. The molecule has 1 rings (SSSR count). The van der Waals surface area contributed by atoms with E-state index in [0.29, 0.717) is 17.5 Å². The van der Waals surface area contributed by atoms with Crippen LogP contribution in [-0.4, -0.2) is 23.5 Å². The predicted octanol–water partition coefficient (Wildman–Crippen LogP) is 2.47. The fraction of sp³-hybridized carbons (Fsp3) is 0.833. The van der Waals surface area contributed by atoms with Gasteiger partial charge in [-0.1, -0.05) is 32.1 Å². The summed E-state index contributed by atoms with van der Waals surface area (Å²) in [4.78, 5) is 11.5. The smallest absolute Gasteiger partial charge is 0.230 e. The molecule has 0 radical (unpaired) electrons. The standard InChI is InChI=1S/C12H20N2OS/c13-8-9-16-10-12(15)14-11-6-4-2-1-3-5-7-11/h11H,1-7,9-10H2,(H,14,15). The van der Waals surface area contributed by atoms with Gasteiger partial charge in [0.2, 0.25) is 5.91 Å². The Hall–Kier alpha value is -0.690. The van der Waals surface area contributed by atoms with Crippen molar-refractivity contribution in [3.05, 3.63) is 0 Å². The predicted molar refractivity (Wildman–Crippen MR) is 67.2 cm³/mol. The number of thioether (sulfide) groups is 1. The highest BCUT2D eigenvalue weighted by Gasteiger charge is 2.13. The molecule has 1 aliphatic carbocycles. The lowest BCUT2D eigenvalue weighted by molar-refractivity contribution is -0.119. The van der Waals surface area contributed by atoms with Crippen molar-refractivity contribution in [3.63, 3.8) is 0 Å². The first-order valence-electron chi connectivity index (χ1n) is 6.07. The van der Waals surface area contributed by atoms with Crippen LogP contribution in [0.5, 0.6) is 0 Å². The Bertz CT molecular complexity index is 242. The largest absolute Gasteiger partial charge is 0.353 e. The van der Waals surface area contributed by atoms with Crippen molar-refractivity contribution < 1.29 is 4.79 Å². The third kappa shape index (κ3) is 6.02. The highest BCUT2D eigenvalue weighted by atomic mass is 32.2. The van der Waals surface area contributed by atoms with E-state index in [2.05, 4.69) is 5.32 Å². The quantitative estimate of drug-likeness (QED) is 0.768. The topological polar surface area (TPSA) is 52.9 Å². The summed E-state index contributed by atoms with van der Waals surface area (Å²) in [6, 6.07) is 2.40. The van der Waals surface area contributed by atoms with Crippen molar-refractivity contribution in [2.75, 3.05) is 11.5 Å². The Morgan fingerprint density at radius 3 is 2.50 bits per heavy atom. The van der Waals surface area contributed by atoms with Crippen LogP contribution in [0.2, 0.25) is 0 Å². The van der Waals surface area contributed by atoms with Crippen molar-refractivity contribution in [1.29, 1.82) is 5.26 Å². The summed E-state index contributed by atoms with van der Waals surface area (Å²) >= 11 is 1.39. The molecule has 4 heteroatoms. The van der Waals surface area contributed by atoms with Gasteiger partial charge < -0.3 is 5.32 Å². The Morgan fingerprint density at radius 1 is 1.25 bits per heavy atom. The lowest BCUT2D eigenvalue weighted by Crippen LogP contribution is -2.36. The summed E-state index contributed by atoms with van der Waals surface area (Å²) in [7, 11) is 0. The molecular weight excluding hydrogens is 220 g/mol. The van der Waals surface area contributed by atoms with Gasteiger partial charge in [-0.15, -0.1) is 11.8 Å². The summed E-state index contributed by atoms with van der Waals surface area (Å²) in [6.07, 6.45) is 8.65. The normalized spacial score (nSPS) is 18.2. The van der Waals surface area contributed by atoms with Gasteiger partial charge in [-0.05, 0) is 12.8 Å². The van der Waals surface area contributed by atoms with Crippen molar-refractivity contribution in [2.24, 2.45) is 0 Å². The van der Waals surface area contributed by atoms with E-state index in [1.807, 2.05) is 6.07 Å². The molecule has 0 atom stereocenters. The molecule has 90 valence electrons. The molecule has 3 nitrogen and oxygen atoms in total. The summed E-state index contributed by atoms with van der Waals surface area (Å²) in [5, 5.41) is 11.4. The molecule has 1 fully saturated rings. The fourth-order valence-electron chi connectivity index (χ4n) is 2.06. The van der Waals surface area contributed by atoms with E-state index in [1.165, 1.54) is 43.9 Å². The van der Waals surface area contributed by atoms with E-state index >= 15 is 0 Å². The summed E-state index contributed by atoms with van der Waals surface area (Å²) in [6.45, 7) is 0. The zero-order chi connectivity index (χ0) is 11.6. The van der Waals surface area contributed by atoms with E-state index in [1.54, 1.807) is 0 Å². The molecule has 0 heterocycles. The number of nitrogens with zero attached hydrogens (tertiary/aromatic N) is 1. The van der Waals surface area contributed by atoms with Crippen molar-refractivity contribution in [3.8, 4) is 6.07 Å². The van der Waals surface area contributed by atoms with E-state index < -0.39 is 0 Å². The lowest BCUT2D eigenvalue weighted by Gasteiger charge is -2.20. The van der Waals surface area contributed by atoms with Crippen LogP contribution < -0.4 is 5.32 Å². The average molecular weight is 240 g/mol. The maximum absolute atomic E-state index is 11.5.